The van der Waals surface area contributed by atoms with E-state index in [1.54, 1.807) is 12.1 Å². The maximum absolute atomic E-state index is 12.1. The summed E-state index contributed by atoms with van der Waals surface area (Å²) < 4.78 is 28.4. The van der Waals surface area contributed by atoms with Crippen LogP contribution in [0, 0.1) is 0 Å². The number of halogens is 2. The Kier molecular flexibility index (Phi) is 3.74. The summed E-state index contributed by atoms with van der Waals surface area (Å²) in [5.41, 5.74) is 1.94. The van der Waals surface area contributed by atoms with Crippen molar-refractivity contribution in [2.24, 2.45) is 4.99 Å². The van der Waals surface area contributed by atoms with Gasteiger partial charge < -0.3 is 14.8 Å². The van der Waals surface area contributed by atoms with E-state index in [0.29, 0.717) is 11.3 Å². The van der Waals surface area contributed by atoms with Crippen LogP contribution in [0.15, 0.2) is 53.5 Å². The van der Waals surface area contributed by atoms with E-state index in [1.807, 2.05) is 24.3 Å². The average molecular weight is 302 g/mol. The highest BCUT2D eigenvalue weighted by Gasteiger charge is 2.08. The highest BCUT2D eigenvalue weighted by atomic mass is 19.3. The van der Waals surface area contributed by atoms with Crippen molar-refractivity contribution in [2.75, 3.05) is 0 Å². The van der Waals surface area contributed by atoms with E-state index in [-0.39, 0.29) is 11.6 Å². The first-order valence-electron chi connectivity index (χ1n) is 6.52. The molecule has 0 aliphatic heterocycles. The molecule has 0 spiro atoms. The van der Waals surface area contributed by atoms with Crippen molar-refractivity contribution in [3.8, 4) is 11.6 Å². The summed E-state index contributed by atoms with van der Waals surface area (Å²) in [6, 6.07) is 13.4. The molecule has 6 heteroatoms. The number of aromatic amines is 1. The van der Waals surface area contributed by atoms with Crippen molar-refractivity contribution in [1.29, 1.82) is 0 Å². The lowest BCUT2D eigenvalue weighted by Gasteiger charge is -2.03. The molecule has 2 aromatic carbocycles. The zero-order valence-electron chi connectivity index (χ0n) is 11.3. The summed E-state index contributed by atoms with van der Waals surface area (Å²) in [5, 5.41) is 10.8. The summed E-state index contributed by atoms with van der Waals surface area (Å²) >= 11 is 0. The number of alkyl halides is 2. The number of benzene rings is 2. The lowest BCUT2D eigenvalue weighted by Crippen LogP contribution is -2.01. The molecule has 0 saturated heterocycles. The number of ether oxygens (including phenoxy) is 1. The van der Waals surface area contributed by atoms with Gasteiger partial charge in [0.1, 0.15) is 5.75 Å². The van der Waals surface area contributed by atoms with Crippen LogP contribution in [0.1, 0.15) is 5.56 Å². The molecule has 0 radical (unpaired) electrons. The van der Waals surface area contributed by atoms with Crippen molar-refractivity contribution in [2.45, 2.75) is 6.61 Å². The normalized spacial score (nSPS) is 11.6. The van der Waals surface area contributed by atoms with Crippen molar-refractivity contribution >= 4 is 22.8 Å². The van der Waals surface area contributed by atoms with E-state index in [0.717, 1.165) is 10.9 Å². The molecule has 3 aromatic rings. The minimum atomic E-state index is -2.85. The van der Waals surface area contributed by atoms with Crippen LogP contribution in [-0.4, -0.2) is 22.9 Å². The topological polar surface area (TPSA) is 57.6 Å². The average Bonchev–Trinajstić information content (AvgIpc) is 2.81. The number of aromatic nitrogens is 1. The van der Waals surface area contributed by atoms with Crippen molar-refractivity contribution in [3.63, 3.8) is 0 Å². The molecule has 0 amide bonds. The van der Waals surface area contributed by atoms with Gasteiger partial charge >= 0.3 is 6.61 Å². The third-order valence-corrected chi connectivity index (χ3v) is 3.13. The molecule has 0 unspecified atom stereocenters. The first-order valence-corrected chi connectivity index (χ1v) is 6.52. The van der Waals surface area contributed by atoms with E-state index in [2.05, 4.69) is 14.7 Å². The minimum absolute atomic E-state index is 0.0302. The third kappa shape index (κ3) is 2.90. The second-order valence-electron chi connectivity index (χ2n) is 4.56. The van der Waals surface area contributed by atoms with E-state index < -0.39 is 6.61 Å². The number of hydrogen-bond donors (Lipinski definition) is 2. The Morgan fingerprint density at radius 3 is 2.55 bits per heavy atom. The summed E-state index contributed by atoms with van der Waals surface area (Å²) in [6.45, 7) is -2.85. The lowest BCUT2D eigenvalue weighted by atomic mass is 10.2. The second kappa shape index (κ2) is 5.85. The van der Waals surface area contributed by atoms with Crippen LogP contribution in [0.5, 0.6) is 11.6 Å². The van der Waals surface area contributed by atoms with Gasteiger partial charge in [-0.2, -0.15) is 8.78 Å². The molecule has 2 N–H and O–H groups in total. The van der Waals surface area contributed by atoms with Gasteiger partial charge in [-0.25, -0.2) is 0 Å². The molecule has 0 saturated carbocycles. The standard InChI is InChI=1S/C16H12F2N2O2/c17-16(18)22-11-7-5-10(6-8-11)19-9-13-12-3-1-2-4-14(12)20-15(13)21/h1-9,16,20-21H. The smallest absolute Gasteiger partial charge is 0.387 e. The first kappa shape index (κ1) is 14.1. The van der Waals surface area contributed by atoms with Crippen LogP contribution < -0.4 is 4.74 Å². The summed E-state index contributed by atoms with van der Waals surface area (Å²) in [7, 11) is 0. The molecule has 1 aromatic heterocycles. The largest absolute Gasteiger partial charge is 0.494 e. The lowest BCUT2D eigenvalue weighted by molar-refractivity contribution is -0.0498. The van der Waals surface area contributed by atoms with Crippen LogP contribution in [-0.2, 0) is 0 Å². The van der Waals surface area contributed by atoms with Crippen LogP contribution in [0.2, 0.25) is 0 Å². The highest BCUT2D eigenvalue weighted by Crippen LogP contribution is 2.26. The van der Waals surface area contributed by atoms with Gasteiger partial charge in [0, 0.05) is 17.1 Å². The fraction of sp³-hybridized carbons (Fsp3) is 0.0625. The molecule has 0 aliphatic carbocycles. The molecule has 0 aliphatic rings. The number of hydrogen-bond acceptors (Lipinski definition) is 3. The Bertz CT molecular complexity index is 811. The number of nitrogens with one attached hydrogen (secondary N) is 1. The number of aliphatic imine (C=N–C) groups is 1. The SMILES string of the molecule is Oc1[nH]c2ccccc2c1C=Nc1ccc(OC(F)F)cc1. The summed E-state index contributed by atoms with van der Waals surface area (Å²) in [6.07, 6.45) is 1.52. The number of nitrogens with zero attached hydrogens (tertiary/aromatic N) is 1. The van der Waals surface area contributed by atoms with Crippen LogP contribution >= 0.6 is 0 Å². The number of aromatic hydroxyl groups is 1. The first-order chi connectivity index (χ1) is 10.6. The number of rotatable bonds is 4. The molecule has 0 atom stereocenters. The monoisotopic (exact) mass is 302 g/mol. The predicted molar refractivity (Wildman–Crippen MR) is 80.3 cm³/mol. The molecule has 0 fully saturated rings. The van der Waals surface area contributed by atoms with E-state index >= 15 is 0 Å². The van der Waals surface area contributed by atoms with Crippen molar-refractivity contribution in [3.05, 3.63) is 54.1 Å². The van der Waals surface area contributed by atoms with Gasteiger partial charge in [-0.3, -0.25) is 4.99 Å². The van der Waals surface area contributed by atoms with Crippen LogP contribution in [0.4, 0.5) is 14.5 Å². The Morgan fingerprint density at radius 2 is 1.82 bits per heavy atom. The van der Waals surface area contributed by atoms with E-state index in [1.165, 1.54) is 18.3 Å². The molecule has 112 valence electrons. The number of H-pyrrole nitrogens is 1. The minimum Gasteiger partial charge on any atom is -0.494 e. The number of para-hydroxylation sites is 1. The molecule has 4 nitrogen and oxygen atoms in total. The van der Waals surface area contributed by atoms with Gasteiger partial charge in [0.2, 0.25) is 0 Å². The van der Waals surface area contributed by atoms with Gasteiger partial charge in [-0.1, -0.05) is 18.2 Å². The molecule has 0 bridgehead atoms. The van der Waals surface area contributed by atoms with Crippen molar-refractivity contribution in [1.82, 2.24) is 4.98 Å². The molecule has 1 heterocycles. The molecule has 22 heavy (non-hydrogen) atoms. The quantitative estimate of drug-likeness (QED) is 0.709. The van der Waals surface area contributed by atoms with Gasteiger partial charge in [0.05, 0.1) is 11.3 Å². The zero-order valence-corrected chi connectivity index (χ0v) is 11.3. The maximum Gasteiger partial charge on any atom is 0.387 e. The third-order valence-electron chi connectivity index (χ3n) is 3.13. The van der Waals surface area contributed by atoms with Gasteiger partial charge in [0.25, 0.3) is 0 Å². The predicted octanol–water partition coefficient (Wildman–Crippen LogP) is 4.23. The van der Waals surface area contributed by atoms with Gasteiger partial charge in [-0.15, -0.1) is 0 Å². The molecular weight excluding hydrogens is 290 g/mol. The Hall–Kier alpha value is -2.89. The highest BCUT2D eigenvalue weighted by molar-refractivity contribution is 6.02. The maximum atomic E-state index is 12.1. The molecular formula is C16H12F2N2O2. The Morgan fingerprint density at radius 1 is 1.09 bits per heavy atom. The van der Waals surface area contributed by atoms with Crippen LogP contribution in [0.3, 0.4) is 0 Å². The Labute approximate surface area is 124 Å². The fourth-order valence-corrected chi connectivity index (χ4v) is 2.13. The second-order valence-corrected chi connectivity index (χ2v) is 4.56. The summed E-state index contributed by atoms with van der Waals surface area (Å²) in [4.78, 5) is 7.09. The van der Waals surface area contributed by atoms with E-state index in [9.17, 15) is 13.9 Å². The fourth-order valence-electron chi connectivity index (χ4n) is 2.13. The van der Waals surface area contributed by atoms with E-state index in [4.69, 9.17) is 0 Å². The summed E-state index contributed by atoms with van der Waals surface area (Å²) in [5.74, 6) is 0.103. The van der Waals surface area contributed by atoms with Crippen LogP contribution in [0.25, 0.3) is 10.9 Å². The Balaban J connectivity index is 1.85. The zero-order chi connectivity index (χ0) is 15.5. The van der Waals surface area contributed by atoms with Crippen molar-refractivity contribution < 1.29 is 18.6 Å². The molecule has 3 rings (SSSR count). The number of fused-ring (bicyclic) bond motifs is 1. The van der Waals surface area contributed by atoms with Gasteiger partial charge in [0.15, 0.2) is 5.88 Å². The van der Waals surface area contributed by atoms with Gasteiger partial charge in [-0.05, 0) is 30.3 Å².